The van der Waals surface area contributed by atoms with E-state index in [-0.39, 0.29) is 5.91 Å². The summed E-state index contributed by atoms with van der Waals surface area (Å²) in [5.74, 6) is 1.45. The average Bonchev–Trinajstić information content (AvgIpc) is 2.82. The molecule has 5 nitrogen and oxygen atoms in total. The zero-order chi connectivity index (χ0) is 13.2. The molecule has 1 aromatic rings. The van der Waals surface area contributed by atoms with Crippen LogP contribution in [0.2, 0.25) is 0 Å². The van der Waals surface area contributed by atoms with Crippen molar-refractivity contribution >= 4 is 5.91 Å². The third-order valence-corrected chi connectivity index (χ3v) is 4.28. The van der Waals surface area contributed by atoms with Crippen molar-refractivity contribution in [1.29, 1.82) is 0 Å². The third-order valence-electron chi connectivity index (χ3n) is 4.28. The highest BCUT2D eigenvalue weighted by Crippen LogP contribution is 2.28. The van der Waals surface area contributed by atoms with Gasteiger partial charge in [0.2, 0.25) is 5.91 Å². The van der Waals surface area contributed by atoms with Gasteiger partial charge in [0.15, 0.2) is 0 Å². The molecule has 1 saturated heterocycles. The lowest BCUT2D eigenvalue weighted by atomic mass is 9.96. The number of carbonyl (C=O) groups is 1. The van der Waals surface area contributed by atoms with Crippen molar-refractivity contribution in [2.45, 2.75) is 44.6 Å². The quantitative estimate of drug-likeness (QED) is 0.879. The molecule has 0 radical (unpaired) electrons. The standard InChI is InChI=1S/C14H22N4O/c15-13(19)10-17-6-3-4-11(9-17)14-16-8-12-5-1-2-7-18(12)14/h8,11H,1-7,9-10H2,(H2,15,19)/t11-/m0/s1. The van der Waals surface area contributed by atoms with Gasteiger partial charge in [0.25, 0.3) is 0 Å². The summed E-state index contributed by atoms with van der Waals surface area (Å²) in [4.78, 5) is 17.9. The summed E-state index contributed by atoms with van der Waals surface area (Å²) in [7, 11) is 0. The molecular formula is C14H22N4O. The Morgan fingerprint density at radius 3 is 3.11 bits per heavy atom. The predicted octanol–water partition coefficient (Wildman–Crippen LogP) is 0.884. The van der Waals surface area contributed by atoms with Gasteiger partial charge in [-0.05, 0) is 38.6 Å². The number of nitrogens with two attached hydrogens (primary N) is 1. The molecule has 0 unspecified atom stereocenters. The van der Waals surface area contributed by atoms with Crippen LogP contribution in [0.3, 0.4) is 0 Å². The molecule has 3 rings (SSSR count). The lowest BCUT2D eigenvalue weighted by molar-refractivity contribution is -0.119. The number of fused-ring (bicyclic) bond motifs is 1. The highest BCUT2D eigenvalue weighted by atomic mass is 16.1. The van der Waals surface area contributed by atoms with E-state index in [1.165, 1.54) is 30.8 Å². The number of aryl methyl sites for hydroxylation is 1. The van der Waals surface area contributed by atoms with Gasteiger partial charge in [-0.3, -0.25) is 9.69 Å². The smallest absolute Gasteiger partial charge is 0.231 e. The van der Waals surface area contributed by atoms with Crippen LogP contribution in [0.25, 0.3) is 0 Å². The summed E-state index contributed by atoms with van der Waals surface area (Å²) < 4.78 is 2.40. The van der Waals surface area contributed by atoms with Crippen molar-refractivity contribution in [3.63, 3.8) is 0 Å². The summed E-state index contributed by atoms with van der Waals surface area (Å²) in [5.41, 5.74) is 6.68. The molecule has 0 bridgehead atoms. The molecule has 2 N–H and O–H groups in total. The molecule has 1 fully saturated rings. The van der Waals surface area contributed by atoms with Crippen molar-refractivity contribution in [3.8, 4) is 0 Å². The second-order valence-corrected chi connectivity index (χ2v) is 5.76. The number of likely N-dealkylation sites (tertiary alicyclic amines) is 1. The van der Waals surface area contributed by atoms with Crippen molar-refractivity contribution < 1.29 is 4.79 Å². The summed E-state index contributed by atoms with van der Waals surface area (Å²) >= 11 is 0. The molecule has 104 valence electrons. The Kier molecular flexibility index (Phi) is 3.55. The minimum Gasteiger partial charge on any atom is -0.369 e. The molecule has 19 heavy (non-hydrogen) atoms. The molecule has 2 aliphatic heterocycles. The van der Waals surface area contributed by atoms with E-state index in [0.29, 0.717) is 12.5 Å². The number of hydrogen-bond donors (Lipinski definition) is 1. The van der Waals surface area contributed by atoms with E-state index in [0.717, 1.165) is 32.5 Å². The number of piperidine rings is 1. The van der Waals surface area contributed by atoms with Gasteiger partial charge in [0, 0.05) is 30.9 Å². The van der Waals surface area contributed by atoms with Gasteiger partial charge >= 0.3 is 0 Å². The van der Waals surface area contributed by atoms with Gasteiger partial charge in [-0.2, -0.15) is 0 Å². The number of primary amides is 1. The first-order chi connectivity index (χ1) is 9.24. The molecule has 0 aromatic carbocycles. The summed E-state index contributed by atoms with van der Waals surface area (Å²) in [6, 6.07) is 0. The van der Waals surface area contributed by atoms with E-state index in [1.54, 1.807) is 0 Å². The predicted molar refractivity (Wildman–Crippen MR) is 72.8 cm³/mol. The van der Waals surface area contributed by atoms with Crippen LogP contribution >= 0.6 is 0 Å². The molecule has 2 aliphatic rings. The number of imidazole rings is 1. The van der Waals surface area contributed by atoms with E-state index < -0.39 is 0 Å². The SMILES string of the molecule is NC(=O)CN1CCC[C@H](c2ncc3n2CCCC3)C1. The van der Waals surface area contributed by atoms with Crippen LogP contribution in [-0.4, -0.2) is 40.0 Å². The fraction of sp³-hybridized carbons (Fsp3) is 0.714. The van der Waals surface area contributed by atoms with Crippen LogP contribution in [0.4, 0.5) is 0 Å². The lowest BCUT2D eigenvalue weighted by Gasteiger charge is -2.32. The number of rotatable bonds is 3. The molecule has 0 aliphatic carbocycles. The number of nitrogens with zero attached hydrogens (tertiary/aromatic N) is 3. The number of hydrogen-bond acceptors (Lipinski definition) is 3. The van der Waals surface area contributed by atoms with Crippen LogP contribution in [0, 0.1) is 0 Å². The lowest BCUT2D eigenvalue weighted by Crippen LogP contribution is -2.40. The Balaban J connectivity index is 1.74. The van der Waals surface area contributed by atoms with E-state index in [9.17, 15) is 4.79 Å². The van der Waals surface area contributed by atoms with Crippen LogP contribution in [0.1, 0.15) is 43.1 Å². The van der Waals surface area contributed by atoms with Gasteiger partial charge in [-0.25, -0.2) is 4.98 Å². The van der Waals surface area contributed by atoms with E-state index in [1.807, 2.05) is 6.20 Å². The van der Waals surface area contributed by atoms with E-state index in [4.69, 9.17) is 5.73 Å². The van der Waals surface area contributed by atoms with Crippen LogP contribution < -0.4 is 5.73 Å². The van der Waals surface area contributed by atoms with E-state index in [2.05, 4.69) is 14.5 Å². The highest BCUT2D eigenvalue weighted by Gasteiger charge is 2.27. The van der Waals surface area contributed by atoms with Crippen molar-refractivity contribution in [2.24, 2.45) is 5.73 Å². The molecule has 1 atom stereocenters. The van der Waals surface area contributed by atoms with Crippen LogP contribution in [0.15, 0.2) is 6.20 Å². The zero-order valence-corrected chi connectivity index (χ0v) is 11.3. The molecular weight excluding hydrogens is 240 g/mol. The zero-order valence-electron chi connectivity index (χ0n) is 11.3. The second-order valence-electron chi connectivity index (χ2n) is 5.76. The first-order valence-electron chi connectivity index (χ1n) is 7.29. The Labute approximate surface area is 113 Å². The van der Waals surface area contributed by atoms with Gasteiger partial charge in [-0.15, -0.1) is 0 Å². The largest absolute Gasteiger partial charge is 0.369 e. The van der Waals surface area contributed by atoms with Crippen molar-refractivity contribution in [3.05, 3.63) is 17.7 Å². The van der Waals surface area contributed by atoms with Gasteiger partial charge in [0.1, 0.15) is 5.82 Å². The maximum Gasteiger partial charge on any atom is 0.231 e. The molecule has 1 amide bonds. The van der Waals surface area contributed by atoms with Crippen LogP contribution in [0.5, 0.6) is 0 Å². The molecule has 5 heteroatoms. The molecule has 1 aromatic heterocycles. The topological polar surface area (TPSA) is 64.2 Å². The van der Waals surface area contributed by atoms with Gasteiger partial charge < -0.3 is 10.3 Å². The van der Waals surface area contributed by atoms with Crippen LogP contribution in [-0.2, 0) is 17.8 Å². The van der Waals surface area contributed by atoms with Gasteiger partial charge in [-0.1, -0.05) is 0 Å². The number of amides is 1. The molecule has 3 heterocycles. The minimum absolute atomic E-state index is 0.231. The highest BCUT2D eigenvalue weighted by molar-refractivity contribution is 5.75. The summed E-state index contributed by atoms with van der Waals surface area (Å²) in [6.07, 6.45) is 8.04. The summed E-state index contributed by atoms with van der Waals surface area (Å²) in [5, 5.41) is 0. The van der Waals surface area contributed by atoms with Crippen molar-refractivity contribution in [1.82, 2.24) is 14.5 Å². The fourth-order valence-electron chi connectivity index (χ4n) is 3.42. The molecule has 0 spiro atoms. The summed E-state index contributed by atoms with van der Waals surface area (Å²) in [6.45, 7) is 3.38. The average molecular weight is 262 g/mol. The monoisotopic (exact) mass is 262 g/mol. The Morgan fingerprint density at radius 1 is 1.37 bits per heavy atom. The van der Waals surface area contributed by atoms with Gasteiger partial charge in [0.05, 0.1) is 6.54 Å². The maximum atomic E-state index is 11.1. The van der Waals surface area contributed by atoms with E-state index >= 15 is 0 Å². The van der Waals surface area contributed by atoms with Crippen molar-refractivity contribution in [2.75, 3.05) is 19.6 Å². The number of carbonyl (C=O) groups excluding carboxylic acids is 1. The normalized spacial score (nSPS) is 24.1. The first kappa shape index (κ1) is 12.7. The maximum absolute atomic E-state index is 11.1. The second kappa shape index (κ2) is 5.33. The first-order valence-corrected chi connectivity index (χ1v) is 7.29. The Bertz CT molecular complexity index is 468. The third kappa shape index (κ3) is 2.66. The Morgan fingerprint density at radius 2 is 2.26 bits per heavy atom. The molecule has 0 saturated carbocycles. The minimum atomic E-state index is -0.231. The number of aromatic nitrogens is 2. The Hall–Kier alpha value is -1.36. The fourth-order valence-corrected chi connectivity index (χ4v) is 3.42.